The largest absolute Gasteiger partial charge is 0.462 e. The second-order valence-corrected chi connectivity index (χ2v) is 9.54. The minimum atomic E-state index is -3.67. The molecule has 0 N–H and O–H groups in total. The number of ether oxygens (including phenoxy) is 2. The fourth-order valence-electron chi connectivity index (χ4n) is 3.25. The van der Waals surface area contributed by atoms with E-state index >= 15 is 0 Å². The highest BCUT2D eigenvalue weighted by Crippen LogP contribution is 2.36. The van der Waals surface area contributed by atoms with Crippen molar-refractivity contribution in [1.82, 2.24) is 4.31 Å². The molecule has 1 aliphatic heterocycles. The van der Waals surface area contributed by atoms with Gasteiger partial charge in [0.1, 0.15) is 5.75 Å². The van der Waals surface area contributed by atoms with Gasteiger partial charge in [0.2, 0.25) is 15.8 Å². The van der Waals surface area contributed by atoms with Crippen molar-refractivity contribution < 1.29 is 17.9 Å². The fourth-order valence-corrected chi connectivity index (χ4v) is 4.64. The van der Waals surface area contributed by atoms with Crippen molar-refractivity contribution in [2.45, 2.75) is 51.5 Å². The molecule has 6 heteroatoms. The summed E-state index contributed by atoms with van der Waals surface area (Å²) in [6.45, 7) is 12.2. The number of aryl methyl sites for hydroxylation is 2. The zero-order valence-electron chi connectivity index (χ0n) is 16.9. The molecule has 1 aliphatic rings. The molecule has 2 aromatic rings. The van der Waals surface area contributed by atoms with Gasteiger partial charge in [0.15, 0.2) is 0 Å². The first-order chi connectivity index (χ1) is 13.1. The lowest BCUT2D eigenvalue weighted by atomic mass is 10.0. The minimum Gasteiger partial charge on any atom is -0.462 e. The zero-order valence-corrected chi connectivity index (χ0v) is 17.7. The topological polar surface area (TPSA) is 55.8 Å². The van der Waals surface area contributed by atoms with E-state index in [1.54, 1.807) is 30.3 Å². The molecular weight excluding hydrogens is 374 g/mol. The summed E-state index contributed by atoms with van der Waals surface area (Å²) in [5.41, 5.74) is 3.80. The highest BCUT2D eigenvalue weighted by atomic mass is 32.2. The average Bonchev–Trinajstić information content (AvgIpc) is 2.62. The SMILES string of the molecule is C=CCN(Cc1cc(C)cc2c1OC(C)(C)OC2)S(=O)(=O)c1ccc(C)cc1. The Morgan fingerprint density at radius 1 is 1.14 bits per heavy atom. The molecule has 0 atom stereocenters. The van der Waals surface area contributed by atoms with E-state index in [4.69, 9.17) is 9.47 Å². The predicted octanol–water partition coefficient (Wildman–Crippen LogP) is 4.33. The van der Waals surface area contributed by atoms with Crippen LogP contribution in [0, 0.1) is 13.8 Å². The van der Waals surface area contributed by atoms with Gasteiger partial charge in [-0.15, -0.1) is 6.58 Å². The molecule has 0 aliphatic carbocycles. The maximum atomic E-state index is 13.2. The molecule has 2 aromatic carbocycles. The van der Waals surface area contributed by atoms with Gasteiger partial charge in [0, 0.05) is 38.1 Å². The van der Waals surface area contributed by atoms with Crippen LogP contribution in [0.3, 0.4) is 0 Å². The van der Waals surface area contributed by atoms with Gasteiger partial charge < -0.3 is 9.47 Å². The Morgan fingerprint density at radius 3 is 2.46 bits per heavy atom. The van der Waals surface area contributed by atoms with Crippen LogP contribution >= 0.6 is 0 Å². The summed E-state index contributed by atoms with van der Waals surface area (Å²) < 4.78 is 39.7. The first-order valence-electron chi connectivity index (χ1n) is 9.25. The monoisotopic (exact) mass is 401 g/mol. The summed E-state index contributed by atoms with van der Waals surface area (Å²) >= 11 is 0. The first-order valence-corrected chi connectivity index (χ1v) is 10.7. The Morgan fingerprint density at radius 2 is 1.82 bits per heavy atom. The van der Waals surface area contributed by atoms with Gasteiger partial charge in [0.25, 0.3) is 0 Å². The lowest BCUT2D eigenvalue weighted by molar-refractivity contribution is -0.180. The molecule has 1 heterocycles. The molecule has 0 bridgehead atoms. The van der Waals surface area contributed by atoms with Crippen molar-refractivity contribution in [2.24, 2.45) is 0 Å². The lowest BCUT2D eigenvalue weighted by Gasteiger charge is -2.34. The van der Waals surface area contributed by atoms with Crippen LogP contribution in [0.5, 0.6) is 5.75 Å². The number of nitrogens with zero attached hydrogens (tertiary/aromatic N) is 1. The standard InChI is InChI=1S/C22H27NO4S/c1-6-11-23(28(24,25)20-9-7-16(2)8-10-20)14-18-12-17(3)13-19-15-26-22(4,5)27-21(18)19/h6-10,12-13H,1,11,14-15H2,2-5H3. The second-order valence-electron chi connectivity index (χ2n) is 7.60. The van der Waals surface area contributed by atoms with Crippen molar-refractivity contribution in [3.05, 3.63) is 71.3 Å². The van der Waals surface area contributed by atoms with E-state index in [9.17, 15) is 8.42 Å². The summed E-state index contributed by atoms with van der Waals surface area (Å²) in [6, 6.07) is 10.9. The van der Waals surface area contributed by atoms with E-state index in [-0.39, 0.29) is 18.0 Å². The number of rotatable bonds is 6. The van der Waals surface area contributed by atoms with E-state index in [0.29, 0.717) is 12.4 Å². The number of benzene rings is 2. The summed E-state index contributed by atoms with van der Waals surface area (Å²) in [5.74, 6) is -0.0501. The van der Waals surface area contributed by atoms with Crippen LogP contribution in [0.15, 0.2) is 53.9 Å². The molecule has 0 radical (unpaired) electrons. The lowest BCUT2D eigenvalue weighted by Crippen LogP contribution is -2.37. The van der Waals surface area contributed by atoms with Crippen LogP contribution in [0.2, 0.25) is 0 Å². The molecule has 0 spiro atoms. The van der Waals surface area contributed by atoms with Crippen LogP contribution in [-0.4, -0.2) is 25.1 Å². The van der Waals surface area contributed by atoms with Crippen molar-refractivity contribution in [3.8, 4) is 5.75 Å². The predicted molar refractivity (Wildman–Crippen MR) is 110 cm³/mol. The van der Waals surface area contributed by atoms with Gasteiger partial charge >= 0.3 is 0 Å². The molecular formula is C22H27NO4S. The van der Waals surface area contributed by atoms with Gasteiger partial charge in [-0.1, -0.05) is 41.5 Å². The van der Waals surface area contributed by atoms with Gasteiger partial charge in [-0.05, 0) is 26.0 Å². The molecule has 5 nitrogen and oxygen atoms in total. The van der Waals surface area contributed by atoms with Crippen molar-refractivity contribution in [1.29, 1.82) is 0 Å². The van der Waals surface area contributed by atoms with Crippen LogP contribution in [0.4, 0.5) is 0 Å². The maximum absolute atomic E-state index is 13.2. The number of sulfonamides is 1. The molecule has 0 fully saturated rings. The Balaban J connectivity index is 2.01. The number of fused-ring (bicyclic) bond motifs is 1. The Hall–Kier alpha value is -2.15. The summed E-state index contributed by atoms with van der Waals surface area (Å²) in [6.07, 6.45) is 1.60. The Labute approximate surface area is 167 Å². The zero-order chi connectivity index (χ0) is 20.5. The van der Waals surface area contributed by atoms with Crippen LogP contribution < -0.4 is 4.74 Å². The third-order valence-corrected chi connectivity index (χ3v) is 6.47. The Bertz CT molecular complexity index is 978. The highest BCUT2D eigenvalue weighted by molar-refractivity contribution is 7.89. The quantitative estimate of drug-likeness (QED) is 0.676. The molecule has 150 valence electrons. The molecule has 3 rings (SSSR count). The van der Waals surface area contributed by atoms with Crippen LogP contribution in [0.25, 0.3) is 0 Å². The van der Waals surface area contributed by atoms with E-state index in [0.717, 1.165) is 22.3 Å². The number of hydrogen-bond donors (Lipinski definition) is 0. The van der Waals surface area contributed by atoms with E-state index in [2.05, 4.69) is 6.58 Å². The van der Waals surface area contributed by atoms with E-state index in [1.165, 1.54) is 4.31 Å². The average molecular weight is 402 g/mol. The number of hydrogen-bond acceptors (Lipinski definition) is 4. The van der Waals surface area contributed by atoms with E-state index < -0.39 is 15.8 Å². The normalized spacial score (nSPS) is 15.8. The fraction of sp³-hybridized carbons (Fsp3) is 0.364. The first kappa shape index (κ1) is 20.6. The van der Waals surface area contributed by atoms with Gasteiger partial charge in [-0.3, -0.25) is 0 Å². The van der Waals surface area contributed by atoms with Gasteiger partial charge in [0.05, 0.1) is 11.5 Å². The highest BCUT2D eigenvalue weighted by Gasteiger charge is 2.31. The Kier molecular flexibility index (Phi) is 5.66. The molecule has 28 heavy (non-hydrogen) atoms. The molecule has 0 aromatic heterocycles. The van der Waals surface area contributed by atoms with E-state index in [1.807, 2.05) is 39.8 Å². The van der Waals surface area contributed by atoms with Crippen LogP contribution in [0.1, 0.15) is 36.1 Å². The summed E-state index contributed by atoms with van der Waals surface area (Å²) in [7, 11) is -3.67. The van der Waals surface area contributed by atoms with Gasteiger partial charge in [-0.25, -0.2) is 8.42 Å². The smallest absolute Gasteiger partial charge is 0.243 e. The maximum Gasteiger partial charge on any atom is 0.243 e. The molecule has 0 unspecified atom stereocenters. The second kappa shape index (κ2) is 7.70. The molecule has 0 saturated heterocycles. The summed E-state index contributed by atoms with van der Waals surface area (Å²) in [5, 5.41) is 0. The summed E-state index contributed by atoms with van der Waals surface area (Å²) in [4.78, 5) is 0.269. The van der Waals surface area contributed by atoms with Gasteiger partial charge in [-0.2, -0.15) is 4.31 Å². The van der Waals surface area contributed by atoms with Crippen molar-refractivity contribution >= 4 is 10.0 Å². The van der Waals surface area contributed by atoms with Crippen molar-refractivity contribution in [2.75, 3.05) is 6.54 Å². The van der Waals surface area contributed by atoms with Crippen molar-refractivity contribution in [3.63, 3.8) is 0 Å². The van der Waals surface area contributed by atoms with Crippen LogP contribution in [-0.2, 0) is 27.9 Å². The molecule has 0 amide bonds. The third-order valence-electron chi connectivity index (χ3n) is 4.65. The molecule has 0 saturated carbocycles. The third kappa shape index (κ3) is 4.29. The minimum absolute atomic E-state index is 0.197.